The van der Waals surface area contributed by atoms with Crippen molar-refractivity contribution in [1.29, 1.82) is 0 Å². The van der Waals surface area contributed by atoms with E-state index in [1.54, 1.807) is 5.38 Å². The van der Waals surface area contributed by atoms with Crippen LogP contribution in [0.4, 0.5) is 0 Å². The normalized spacial score (nSPS) is 14.2. The number of rotatable bonds is 8. The molecule has 6 nitrogen and oxygen atoms in total. The molecule has 0 saturated heterocycles. The van der Waals surface area contributed by atoms with Crippen LogP contribution in [0.5, 0.6) is 0 Å². The van der Waals surface area contributed by atoms with Crippen molar-refractivity contribution < 1.29 is 19.8 Å². The monoisotopic (exact) mass is 300 g/mol. The van der Waals surface area contributed by atoms with E-state index < -0.39 is 24.0 Å². The van der Waals surface area contributed by atoms with Crippen molar-refractivity contribution >= 4 is 23.3 Å². The van der Waals surface area contributed by atoms with Crippen LogP contribution in [-0.2, 0) is 16.0 Å². The van der Waals surface area contributed by atoms with E-state index in [4.69, 9.17) is 5.11 Å². The van der Waals surface area contributed by atoms with Crippen LogP contribution >= 0.6 is 11.3 Å². The van der Waals surface area contributed by atoms with Crippen molar-refractivity contribution in [2.45, 2.75) is 45.7 Å². The molecule has 3 N–H and O–H groups in total. The minimum absolute atomic E-state index is 0.166. The van der Waals surface area contributed by atoms with E-state index in [2.05, 4.69) is 10.3 Å². The van der Waals surface area contributed by atoms with E-state index in [-0.39, 0.29) is 12.3 Å². The first-order chi connectivity index (χ1) is 9.29. The Labute approximate surface area is 121 Å². The van der Waals surface area contributed by atoms with Crippen molar-refractivity contribution in [2.75, 3.05) is 0 Å². The molecule has 0 bridgehead atoms. The number of hydrogen-bond donors (Lipinski definition) is 3. The summed E-state index contributed by atoms with van der Waals surface area (Å²) in [4.78, 5) is 26.7. The van der Waals surface area contributed by atoms with Crippen molar-refractivity contribution in [3.8, 4) is 0 Å². The van der Waals surface area contributed by atoms with Crippen molar-refractivity contribution in [3.05, 3.63) is 16.1 Å². The van der Waals surface area contributed by atoms with Crippen LogP contribution < -0.4 is 5.32 Å². The first-order valence-corrected chi connectivity index (χ1v) is 7.30. The molecule has 0 aliphatic rings. The summed E-state index contributed by atoms with van der Waals surface area (Å²) in [5.41, 5.74) is 0.668. The Kier molecular flexibility index (Phi) is 6.09. The summed E-state index contributed by atoms with van der Waals surface area (Å²) in [6, 6.07) is -1.81. The van der Waals surface area contributed by atoms with Crippen LogP contribution in [0.15, 0.2) is 5.38 Å². The van der Waals surface area contributed by atoms with Gasteiger partial charge in [0.1, 0.15) is 12.1 Å². The average Bonchev–Trinajstić information content (AvgIpc) is 2.72. The summed E-state index contributed by atoms with van der Waals surface area (Å²) in [5.74, 6) is -1.93. The van der Waals surface area contributed by atoms with Crippen LogP contribution in [0.2, 0.25) is 0 Å². The first kappa shape index (κ1) is 16.6. The highest BCUT2D eigenvalue weighted by Gasteiger charge is 2.27. The molecular formula is C13H20N2O4S. The molecule has 0 amide bonds. The zero-order valence-corrected chi connectivity index (χ0v) is 12.6. The second-order valence-corrected chi connectivity index (χ2v) is 6.20. The zero-order valence-electron chi connectivity index (χ0n) is 11.8. The standard InChI is InChI=1S/C13H20N2O4S/c1-7(2)4-10(12(16)17)15-11(13(18)19)5-9-6-20-8(3)14-9/h6-7,10-11,15H,4-5H2,1-3H3,(H,16,17)(H,18,19)/t10?,11-/m0/s1. The second-order valence-electron chi connectivity index (χ2n) is 5.14. The molecule has 1 unspecified atom stereocenters. The molecule has 0 saturated carbocycles. The number of aromatic nitrogens is 1. The van der Waals surface area contributed by atoms with Gasteiger partial charge in [-0.3, -0.25) is 14.9 Å². The predicted octanol–water partition coefficient (Wildman–Crippen LogP) is 1.54. The highest BCUT2D eigenvalue weighted by Crippen LogP contribution is 2.12. The Bertz CT molecular complexity index is 473. The predicted molar refractivity (Wildman–Crippen MR) is 76.0 cm³/mol. The third kappa shape index (κ3) is 5.26. The molecule has 0 fully saturated rings. The van der Waals surface area contributed by atoms with Crippen molar-refractivity contribution in [3.63, 3.8) is 0 Å². The SMILES string of the molecule is Cc1nc(C[C@H](NC(CC(C)C)C(=O)O)C(=O)O)cs1. The van der Waals surface area contributed by atoms with E-state index in [1.807, 2.05) is 20.8 Å². The van der Waals surface area contributed by atoms with Gasteiger partial charge in [-0.1, -0.05) is 13.8 Å². The van der Waals surface area contributed by atoms with E-state index in [9.17, 15) is 14.7 Å². The molecule has 1 aromatic heterocycles. The van der Waals surface area contributed by atoms with E-state index >= 15 is 0 Å². The number of carbonyl (C=O) groups is 2. The molecule has 7 heteroatoms. The summed E-state index contributed by atoms with van der Waals surface area (Å²) in [7, 11) is 0. The maximum atomic E-state index is 11.3. The quantitative estimate of drug-likeness (QED) is 0.673. The van der Waals surface area contributed by atoms with Gasteiger partial charge in [-0.25, -0.2) is 4.98 Å². The largest absolute Gasteiger partial charge is 0.480 e. The number of carboxylic acids is 2. The summed E-state index contributed by atoms with van der Waals surface area (Å²) >= 11 is 1.45. The van der Waals surface area contributed by atoms with Crippen LogP contribution in [0.1, 0.15) is 31.0 Å². The van der Waals surface area contributed by atoms with Gasteiger partial charge >= 0.3 is 11.9 Å². The molecule has 2 atom stereocenters. The average molecular weight is 300 g/mol. The second kappa shape index (κ2) is 7.35. The summed E-state index contributed by atoms with van der Waals surface area (Å²) in [6.45, 7) is 5.64. The van der Waals surface area contributed by atoms with Crippen molar-refractivity contribution in [1.82, 2.24) is 10.3 Å². The van der Waals surface area contributed by atoms with Gasteiger partial charge in [0.2, 0.25) is 0 Å². The Morgan fingerprint density at radius 2 is 1.90 bits per heavy atom. The van der Waals surface area contributed by atoms with Gasteiger partial charge in [0.15, 0.2) is 0 Å². The highest BCUT2D eigenvalue weighted by atomic mass is 32.1. The minimum Gasteiger partial charge on any atom is -0.480 e. The zero-order chi connectivity index (χ0) is 15.3. The highest BCUT2D eigenvalue weighted by molar-refractivity contribution is 7.09. The lowest BCUT2D eigenvalue weighted by atomic mass is 10.0. The third-order valence-electron chi connectivity index (χ3n) is 2.79. The third-order valence-corrected chi connectivity index (χ3v) is 3.61. The molecule has 0 radical (unpaired) electrons. The molecule has 1 aromatic rings. The van der Waals surface area contributed by atoms with Gasteiger partial charge in [-0.05, 0) is 19.3 Å². The smallest absolute Gasteiger partial charge is 0.321 e. The number of aryl methyl sites for hydroxylation is 1. The summed E-state index contributed by atoms with van der Waals surface area (Å²) in [6.07, 6.45) is 0.566. The molecule has 1 heterocycles. The molecule has 0 aliphatic carbocycles. The molecular weight excluding hydrogens is 280 g/mol. The first-order valence-electron chi connectivity index (χ1n) is 6.42. The van der Waals surface area contributed by atoms with Crippen LogP contribution in [0.3, 0.4) is 0 Å². The lowest BCUT2D eigenvalue weighted by Gasteiger charge is -2.21. The number of nitrogens with one attached hydrogen (secondary N) is 1. The fourth-order valence-corrected chi connectivity index (χ4v) is 2.51. The van der Waals surface area contributed by atoms with Crippen molar-refractivity contribution in [2.24, 2.45) is 5.92 Å². The fourth-order valence-electron chi connectivity index (χ4n) is 1.88. The van der Waals surface area contributed by atoms with Gasteiger partial charge in [-0.15, -0.1) is 11.3 Å². The molecule has 0 aromatic carbocycles. The van der Waals surface area contributed by atoms with Gasteiger partial charge in [0.25, 0.3) is 0 Å². The van der Waals surface area contributed by atoms with Crippen LogP contribution in [0, 0.1) is 12.8 Å². The van der Waals surface area contributed by atoms with Crippen LogP contribution in [-0.4, -0.2) is 39.2 Å². The number of aliphatic carboxylic acids is 2. The number of nitrogens with zero attached hydrogens (tertiary/aromatic N) is 1. The molecule has 20 heavy (non-hydrogen) atoms. The maximum absolute atomic E-state index is 11.3. The summed E-state index contributed by atoms with van der Waals surface area (Å²) < 4.78 is 0. The fraction of sp³-hybridized carbons (Fsp3) is 0.615. The van der Waals surface area contributed by atoms with Gasteiger partial charge in [0, 0.05) is 11.8 Å². The molecule has 1 rings (SSSR count). The van der Waals surface area contributed by atoms with Gasteiger partial charge in [0.05, 0.1) is 10.7 Å². The topological polar surface area (TPSA) is 99.5 Å². The maximum Gasteiger partial charge on any atom is 0.321 e. The molecule has 112 valence electrons. The number of hydrogen-bond acceptors (Lipinski definition) is 5. The lowest BCUT2D eigenvalue weighted by Crippen LogP contribution is -2.48. The molecule has 0 spiro atoms. The number of carboxylic acid groups (broad SMARTS) is 2. The van der Waals surface area contributed by atoms with E-state index in [0.29, 0.717) is 12.1 Å². The Morgan fingerprint density at radius 1 is 1.30 bits per heavy atom. The Morgan fingerprint density at radius 3 is 2.30 bits per heavy atom. The van der Waals surface area contributed by atoms with Gasteiger partial charge < -0.3 is 10.2 Å². The number of thiazole rings is 1. The van der Waals surface area contributed by atoms with Gasteiger partial charge in [-0.2, -0.15) is 0 Å². The lowest BCUT2D eigenvalue weighted by molar-refractivity contribution is -0.142. The minimum atomic E-state index is -1.06. The van der Waals surface area contributed by atoms with E-state index in [1.165, 1.54) is 11.3 Å². The van der Waals surface area contributed by atoms with Crippen LogP contribution in [0.25, 0.3) is 0 Å². The van der Waals surface area contributed by atoms with E-state index in [0.717, 1.165) is 5.01 Å². The Balaban J connectivity index is 2.74. The molecule has 0 aliphatic heterocycles. The summed E-state index contributed by atoms with van der Waals surface area (Å²) in [5, 5.41) is 23.7. The Hall–Kier alpha value is -1.47.